The smallest absolute Gasteiger partial charge is 0.343 e. The molecule has 0 aromatic heterocycles. The number of carbonyl (C=O) groups is 1. The standard InChI is InChI=1S/C45H54O2/c1-3-5-6-8-34-11-15-36(16-12-34)38-19-23-40(24-20-38)42-29-31-44(32-30-42)47-45(46)43-27-25-41(26-28-43)39-21-17-37(18-22-39)35-13-9-33(7-4-2)10-14-35/h17-36H,3-16H2,1-2H3/t33-,34-,35-,36-. The molecule has 47 heavy (non-hydrogen) atoms. The van der Waals surface area contributed by atoms with E-state index in [4.69, 9.17) is 4.74 Å². The Bertz CT molecular complexity index is 1520. The number of benzene rings is 4. The van der Waals surface area contributed by atoms with Crippen LogP contribution in [-0.2, 0) is 0 Å². The van der Waals surface area contributed by atoms with E-state index < -0.39 is 0 Å². The minimum Gasteiger partial charge on any atom is -0.423 e. The molecule has 4 aromatic rings. The number of unbranched alkanes of at least 4 members (excludes halogenated alkanes) is 2. The Morgan fingerprint density at radius 2 is 0.936 bits per heavy atom. The summed E-state index contributed by atoms with van der Waals surface area (Å²) in [6, 6.07) is 33.9. The lowest BCUT2D eigenvalue weighted by molar-refractivity contribution is 0.0735. The molecule has 0 radical (unpaired) electrons. The van der Waals surface area contributed by atoms with Crippen LogP contribution >= 0.6 is 0 Å². The molecule has 246 valence electrons. The Hall–Kier alpha value is -3.65. The summed E-state index contributed by atoms with van der Waals surface area (Å²) in [5.74, 6) is 3.51. The third kappa shape index (κ3) is 8.83. The SMILES string of the molecule is CCCCC[C@H]1CC[C@H](c2ccc(-c3ccc(OC(=O)c4ccc(-c5ccc([C@H]6CC[C@H](CCC)CC6)cc5)cc4)cc3)cc2)CC1. The van der Waals surface area contributed by atoms with Gasteiger partial charge in [-0.25, -0.2) is 4.79 Å². The van der Waals surface area contributed by atoms with Crippen LogP contribution < -0.4 is 4.74 Å². The summed E-state index contributed by atoms with van der Waals surface area (Å²) in [4.78, 5) is 13.0. The number of esters is 1. The molecular weight excluding hydrogens is 572 g/mol. The second-order valence-electron chi connectivity index (χ2n) is 14.5. The average Bonchev–Trinajstić information content (AvgIpc) is 3.13. The van der Waals surface area contributed by atoms with Gasteiger partial charge in [0.15, 0.2) is 0 Å². The van der Waals surface area contributed by atoms with Crippen LogP contribution in [0.1, 0.15) is 137 Å². The van der Waals surface area contributed by atoms with Crippen LogP contribution in [-0.4, -0.2) is 5.97 Å². The summed E-state index contributed by atoms with van der Waals surface area (Å²) < 4.78 is 5.74. The quantitative estimate of drug-likeness (QED) is 0.0888. The highest BCUT2D eigenvalue weighted by Gasteiger charge is 2.23. The molecule has 4 aromatic carbocycles. The zero-order valence-electron chi connectivity index (χ0n) is 28.8. The number of hydrogen-bond donors (Lipinski definition) is 0. The van der Waals surface area contributed by atoms with E-state index in [2.05, 4.69) is 62.4 Å². The first-order valence-electron chi connectivity index (χ1n) is 18.7. The van der Waals surface area contributed by atoms with E-state index in [1.807, 2.05) is 48.5 Å². The van der Waals surface area contributed by atoms with Crippen molar-refractivity contribution in [3.8, 4) is 28.0 Å². The molecule has 0 bridgehead atoms. The van der Waals surface area contributed by atoms with Crippen molar-refractivity contribution in [1.29, 1.82) is 0 Å². The van der Waals surface area contributed by atoms with Crippen LogP contribution in [0.4, 0.5) is 0 Å². The van der Waals surface area contributed by atoms with E-state index in [0.717, 1.165) is 23.0 Å². The Morgan fingerprint density at radius 3 is 1.38 bits per heavy atom. The summed E-state index contributed by atoms with van der Waals surface area (Å²) in [7, 11) is 0. The zero-order valence-corrected chi connectivity index (χ0v) is 28.8. The second-order valence-corrected chi connectivity index (χ2v) is 14.5. The zero-order chi connectivity index (χ0) is 32.4. The predicted octanol–water partition coefficient (Wildman–Crippen LogP) is 13.2. The van der Waals surface area contributed by atoms with Crippen LogP contribution in [0.15, 0.2) is 97.1 Å². The molecule has 2 aliphatic carbocycles. The minimum absolute atomic E-state index is 0.331. The summed E-state index contributed by atoms with van der Waals surface area (Å²) in [5.41, 5.74) is 8.14. The average molecular weight is 627 g/mol. The van der Waals surface area contributed by atoms with Crippen molar-refractivity contribution in [2.45, 2.75) is 116 Å². The van der Waals surface area contributed by atoms with Crippen molar-refractivity contribution in [3.05, 3.63) is 114 Å². The predicted molar refractivity (Wildman–Crippen MR) is 197 cm³/mol. The molecule has 0 N–H and O–H groups in total. The van der Waals surface area contributed by atoms with Crippen LogP contribution in [0.25, 0.3) is 22.3 Å². The van der Waals surface area contributed by atoms with Gasteiger partial charge in [0.2, 0.25) is 0 Å². The molecule has 2 nitrogen and oxygen atoms in total. The number of hydrogen-bond acceptors (Lipinski definition) is 2. The molecule has 0 amide bonds. The Labute approximate surface area is 284 Å². The van der Waals surface area contributed by atoms with E-state index in [0.29, 0.717) is 23.1 Å². The fourth-order valence-corrected chi connectivity index (χ4v) is 8.24. The van der Waals surface area contributed by atoms with E-state index in [-0.39, 0.29) is 5.97 Å². The summed E-state index contributed by atoms with van der Waals surface area (Å²) in [6.07, 6.45) is 19.0. The minimum atomic E-state index is -0.331. The molecule has 0 unspecified atom stereocenters. The molecule has 2 heteroatoms. The van der Waals surface area contributed by atoms with Crippen molar-refractivity contribution in [1.82, 2.24) is 0 Å². The second kappa shape index (κ2) is 16.4. The Morgan fingerprint density at radius 1 is 0.511 bits per heavy atom. The molecule has 0 spiro atoms. The van der Waals surface area contributed by atoms with Crippen molar-refractivity contribution >= 4 is 5.97 Å². The van der Waals surface area contributed by atoms with E-state index in [1.54, 1.807) is 0 Å². The lowest BCUT2D eigenvalue weighted by Crippen LogP contribution is -2.13. The maximum absolute atomic E-state index is 13.0. The van der Waals surface area contributed by atoms with E-state index in [1.165, 1.54) is 112 Å². The van der Waals surface area contributed by atoms with Crippen molar-refractivity contribution in [2.24, 2.45) is 11.8 Å². The van der Waals surface area contributed by atoms with Gasteiger partial charge in [-0.1, -0.05) is 125 Å². The van der Waals surface area contributed by atoms with Crippen LogP contribution in [0, 0.1) is 11.8 Å². The summed E-state index contributed by atoms with van der Waals surface area (Å²) in [6.45, 7) is 4.60. The molecule has 2 saturated carbocycles. The maximum Gasteiger partial charge on any atom is 0.343 e. The molecule has 2 aliphatic rings. The van der Waals surface area contributed by atoms with Crippen LogP contribution in [0.3, 0.4) is 0 Å². The first-order valence-corrected chi connectivity index (χ1v) is 18.7. The van der Waals surface area contributed by atoms with Gasteiger partial charge in [-0.15, -0.1) is 0 Å². The highest BCUT2D eigenvalue weighted by Crippen LogP contribution is 2.39. The third-order valence-corrected chi connectivity index (χ3v) is 11.2. The monoisotopic (exact) mass is 626 g/mol. The molecular formula is C45H54O2. The molecule has 0 heterocycles. The van der Waals surface area contributed by atoms with Gasteiger partial charge in [0.05, 0.1) is 5.56 Å². The highest BCUT2D eigenvalue weighted by atomic mass is 16.5. The van der Waals surface area contributed by atoms with Gasteiger partial charge in [0.25, 0.3) is 0 Å². The normalized spacial score (nSPS) is 21.3. The fourth-order valence-electron chi connectivity index (χ4n) is 8.24. The highest BCUT2D eigenvalue weighted by molar-refractivity contribution is 5.91. The topological polar surface area (TPSA) is 26.3 Å². The van der Waals surface area contributed by atoms with Gasteiger partial charge in [-0.3, -0.25) is 0 Å². The van der Waals surface area contributed by atoms with Gasteiger partial charge in [0.1, 0.15) is 5.75 Å². The summed E-state index contributed by atoms with van der Waals surface area (Å²) >= 11 is 0. The molecule has 6 rings (SSSR count). The van der Waals surface area contributed by atoms with Crippen LogP contribution in [0.5, 0.6) is 5.75 Å². The van der Waals surface area contributed by atoms with Crippen molar-refractivity contribution in [2.75, 3.05) is 0 Å². The van der Waals surface area contributed by atoms with E-state index >= 15 is 0 Å². The summed E-state index contributed by atoms with van der Waals surface area (Å²) in [5, 5.41) is 0. The van der Waals surface area contributed by atoms with Crippen molar-refractivity contribution < 1.29 is 9.53 Å². The molecule has 0 saturated heterocycles. The molecule has 0 atom stereocenters. The number of carbonyl (C=O) groups excluding carboxylic acids is 1. The van der Waals surface area contributed by atoms with Crippen molar-refractivity contribution in [3.63, 3.8) is 0 Å². The largest absolute Gasteiger partial charge is 0.423 e. The third-order valence-electron chi connectivity index (χ3n) is 11.2. The first kappa shape index (κ1) is 33.3. The molecule has 0 aliphatic heterocycles. The lowest BCUT2D eigenvalue weighted by atomic mass is 9.77. The lowest BCUT2D eigenvalue weighted by Gasteiger charge is -2.29. The molecule has 2 fully saturated rings. The Balaban J connectivity index is 0.987. The fraction of sp³-hybridized carbons (Fsp3) is 0.444. The number of ether oxygens (including phenoxy) is 1. The van der Waals surface area contributed by atoms with Gasteiger partial charge in [-0.05, 0) is 133 Å². The van der Waals surface area contributed by atoms with Gasteiger partial charge >= 0.3 is 5.97 Å². The Kier molecular flexibility index (Phi) is 11.6. The van der Waals surface area contributed by atoms with E-state index in [9.17, 15) is 4.79 Å². The van der Waals surface area contributed by atoms with Gasteiger partial charge < -0.3 is 4.74 Å². The number of rotatable bonds is 12. The first-order chi connectivity index (χ1) is 23.1. The van der Waals surface area contributed by atoms with Gasteiger partial charge in [0, 0.05) is 0 Å². The maximum atomic E-state index is 13.0. The van der Waals surface area contributed by atoms with Crippen LogP contribution in [0.2, 0.25) is 0 Å². The van der Waals surface area contributed by atoms with Gasteiger partial charge in [-0.2, -0.15) is 0 Å².